The summed E-state index contributed by atoms with van der Waals surface area (Å²) in [4.78, 5) is 26.6. The molecule has 5 heteroatoms. The highest BCUT2D eigenvalue weighted by Gasteiger charge is 2.46. The van der Waals surface area contributed by atoms with Gasteiger partial charge < -0.3 is 15.5 Å². The van der Waals surface area contributed by atoms with Crippen LogP contribution in [-0.4, -0.2) is 41.4 Å². The van der Waals surface area contributed by atoms with Crippen LogP contribution in [0.1, 0.15) is 31.4 Å². The van der Waals surface area contributed by atoms with Gasteiger partial charge in [0, 0.05) is 19.1 Å². The van der Waals surface area contributed by atoms with Gasteiger partial charge in [0.15, 0.2) is 0 Å². The van der Waals surface area contributed by atoms with Gasteiger partial charge in [0.2, 0.25) is 11.8 Å². The van der Waals surface area contributed by atoms with Crippen molar-refractivity contribution in [2.24, 2.45) is 5.92 Å². The molecular formula is C18H25N3O2. The summed E-state index contributed by atoms with van der Waals surface area (Å²) in [6.45, 7) is 7.38. The number of benzene rings is 1. The third-order valence-electron chi connectivity index (χ3n) is 4.83. The monoisotopic (exact) mass is 315 g/mol. The Balaban J connectivity index is 1.62. The first-order chi connectivity index (χ1) is 11.0. The summed E-state index contributed by atoms with van der Waals surface area (Å²) in [5.41, 5.74) is 2.46. The molecule has 3 rings (SSSR count). The van der Waals surface area contributed by atoms with Crippen LogP contribution in [0.15, 0.2) is 24.3 Å². The SMILES string of the molecule is Cc1ccc(CN[C@H]2C[C@H]3C(=O)N[C@H](C(C)C)C(=O)N3C2)cc1. The van der Waals surface area contributed by atoms with Crippen molar-refractivity contribution in [1.29, 1.82) is 0 Å². The van der Waals surface area contributed by atoms with Crippen molar-refractivity contribution in [1.82, 2.24) is 15.5 Å². The molecule has 0 spiro atoms. The van der Waals surface area contributed by atoms with Crippen LogP contribution in [0.25, 0.3) is 0 Å². The summed E-state index contributed by atoms with van der Waals surface area (Å²) in [5, 5.41) is 6.36. The molecule has 0 bridgehead atoms. The number of carbonyl (C=O) groups excluding carboxylic acids is 2. The zero-order valence-corrected chi connectivity index (χ0v) is 14.0. The Bertz CT molecular complexity index is 597. The van der Waals surface area contributed by atoms with Gasteiger partial charge in [-0.15, -0.1) is 0 Å². The van der Waals surface area contributed by atoms with Gasteiger partial charge in [-0.05, 0) is 24.8 Å². The molecule has 0 radical (unpaired) electrons. The summed E-state index contributed by atoms with van der Waals surface area (Å²) < 4.78 is 0. The number of hydrogen-bond donors (Lipinski definition) is 2. The van der Waals surface area contributed by atoms with Gasteiger partial charge in [-0.1, -0.05) is 43.7 Å². The lowest BCUT2D eigenvalue weighted by Gasteiger charge is -2.36. The van der Waals surface area contributed by atoms with Crippen molar-refractivity contribution in [3.63, 3.8) is 0 Å². The number of carbonyl (C=O) groups is 2. The number of nitrogens with one attached hydrogen (secondary N) is 2. The molecule has 2 amide bonds. The average Bonchev–Trinajstić information content (AvgIpc) is 2.95. The standard InChI is InChI=1S/C18H25N3O2/c1-11(2)16-18(23)21-10-14(8-15(21)17(22)20-16)19-9-13-6-4-12(3)5-7-13/h4-7,11,14-16,19H,8-10H2,1-3H3,(H,20,22)/t14-,15-,16+/m0/s1. The van der Waals surface area contributed by atoms with Crippen molar-refractivity contribution in [2.45, 2.75) is 51.9 Å². The minimum atomic E-state index is -0.380. The number of hydrogen-bond acceptors (Lipinski definition) is 3. The van der Waals surface area contributed by atoms with Crippen LogP contribution in [0, 0.1) is 12.8 Å². The number of nitrogens with zero attached hydrogens (tertiary/aromatic N) is 1. The second-order valence-corrected chi connectivity index (χ2v) is 7.04. The zero-order chi connectivity index (χ0) is 16.6. The minimum absolute atomic E-state index is 0.0112. The maximum atomic E-state index is 12.5. The normalized spacial score (nSPS) is 27.3. The molecule has 0 aromatic heterocycles. The molecule has 124 valence electrons. The van der Waals surface area contributed by atoms with Crippen LogP contribution in [0.5, 0.6) is 0 Å². The van der Waals surface area contributed by atoms with Crippen molar-refractivity contribution >= 4 is 11.8 Å². The maximum Gasteiger partial charge on any atom is 0.246 e. The largest absolute Gasteiger partial charge is 0.342 e. The molecule has 0 unspecified atom stereocenters. The predicted molar refractivity (Wildman–Crippen MR) is 88.7 cm³/mol. The van der Waals surface area contributed by atoms with Crippen LogP contribution < -0.4 is 10.6 Å². The maximum absolute atomic E-state index is 12.5. The summed E-state index contributed by atoms with van der Waals surface area (Å²) >= 11 is 0. The van der Waals surface area contributed by atoms with E-state index in [2.05, 4.69) is 41.8 Å². The third kappa shape index (κ3) is 3.24. The Kier molecular flexibility index (Phi) is 4.39. The number of fused-ring (bicyclic) bond motifs is 1. The van der Waals surface area contributed by atoms with Crippen LogP contribution in [0.3, 0.4) is 0 Å². The lowest BCUT2D eigenvalue weighted by molar-refractivity contribution is -0.148. The van der Waals surface area contributed by atoms with E-state index in [0.717, 1.165) is 6.54 Å². The summed E-state index contributed by atoms with van der Waals surface area (Å²) in [6, 6.07) is 7.89. The number of rotatable bonds is 4. The Hall–Kier alpha value is -1.88. The van der Waals surface area contributed by atoms with E-state index in [-0.39, 0.29) is 35.9 Å². The molecule has 3 atom stereocenters. The second kappa shape index (κ2) is 6.32. The molecule has 1 aromatic carbocycles. The average molecular weight is 315 g/mol. The first-order valence-electron chi connectivity index (χ1n) is 8.35. The fourth-order valence-electron chi connectivity index (χ4n) is 3.39. The van der Waals surface area contributed by atoms with Crippen LogP contribution in [-0.2, 0) is 16.1 Å². The lowest BCUT2D eigenvalue weighted by atomic mass is 9.98. The summed E-state index contributed by atoms with van der Waals surface area (Å²) in [5.74, 6) is 0.166. The van der Waals surface area contributed by atoms with Gasteiger partial charge in [0.05, 0.1) is 0 Å². The van der Waals surface area contributed by atoms with E-state index in [4.69, 9.17) is 0 Å². The van der Waals surface area contributed by atoms with Crippen molar-refractivity contribution in [2.75, 3.05) is 6.54 Å². The molecular weight excluding hydrogens is 290 g/mol. The van der Waals surface area contributed by atoms with E-state index in [1.165, 1.54) is 11.1 Å². The smallest absolute Gasteiger partial charge is 0.246 e. The van der Waals surface area contributed by atoms with Crippen molar-refractivity contribution in [3.05, 3.63) is 35.4 Å². The molecule has 2 heterocycles. The van der Waals surface area contributed by atoms with Crippen LogP contribution in [0.4, 0.5) is 0 Å². The zero-order valence-electron chi connectivity index (χ0n) is 14.0. The van der Waals surface area contributed by atoms with E-state index in [1.807, 2.05) is 13.8 Å². The molecule has 2 aliphatic rings. The Labute approximate surface area is 137 Å². The summed E-state index contributed by atoms with van der Waals surface area (Å²) in [7, 11) is 0. The van der Waals surface area contributed by atoms with Crippen molar-refractivity contribution < 1.29 is 9.59 Å². The summed E-state index contributed by atoms with van der Waals surface area (Å²) in [6.07, 6.45) is 0.689. The minimum Gasteiger partial charge on any atom is -0.342 e. The third-order valence-corrected chi connectivity index (χ3v) is 4.83. The number of piperazine rings is 1. The fourth-order valence-corrected chi connectivity index (χ4v) is 3.39. The van der Waals surface area contributed by atoms with Gasteiger partial charge >= 0.3 is 0 Å². The Morgan fingerprint density at radius 3 is 2.61 bits per heavy atom. The van der Waals surface area contributed by atoms with Crippen LogP contribution >= 0.6 is 0 Å². The first kappa shape index (κ1) is 16.0. The molecule has 2 aliphatic heterocycles. The Morgan fingerprint density at radius 1 is 1.26 bits per heavy atom. The van der Waals surface area contributed by atoms with E-state index in [0.29, 0.717) is 13.0 Å². The fraction of sp³-hybridized carbons (Fsp3) is 0.556. The van der Waals surface area contributed by atoms with Crippen molar-refractivity contribution in [3.8, 4) is 0 Å². The quantitative estimate of drug-likeness (QED) is 0.878. The molecule has 2 fully saturated rings. The van der Waals surface area contributed by atoms with E-state index >= 15 is 0 Å². The van der Waals surface area contributed by atoms with Gasteiger partial charge in [-0.2, -0.15) is 0 Å². The van der Waals surface area contributed by atoms with Crippen LogP contribution in [0.2, 0.25) is 0 Å². The van der Waals surface area contributed by atoms with E-state index < -0.39 is 0 Å². The van der Waals surface area contributed by atoms with Gasteiger partial charge in [0.25, 0.3) is 0 Å². The molecule has 0 saturated carbocycles. The highest BCUT2D eigenvalue weighted by molar-refractivity contribution is 5.97. The van der Waals surface area contributed by atoms with Gasteiger partial charge in [-0.25, -0.2) is 0 Å². The highest BCUT2D eigenvalue weighted by Crippen LogP contribution is 2.25. The first-order valence-corrected chi connectivity index (χ1v) is 8.35. The van der Waals surface area contributed by atoms with E-state index in [1.54, 1.807) is 4.90 Å². The molecule has 0 aliphatic carbocycles. The molecule has 1 aromatic rings. The molecule has 2 N–H and O–H groups in total. The number of amides is 2. The lowest BCUT2D eigenvalue weighted by Crippen LogP contribution is -2.62. The Morgan fingerprint density at radius 2 is 1.96 bits per heavy atom. The highest BCUT2D eigenvalue weighted by atomic mass is 16.2. The predicted octanol–water partition coefficient (Wildman–Crippen LogP) is 1.21. The van der Waals surface area contributed by atoms with E-state index in [9.17, 15) is 9.59 Å². The topological polar surface area (TPSA) is 61.4 Å². The van der Waals surface area contributed by atoms with Gasteiger partial charge in [-0.3, -0.25) is 9.59 Å². The molecule has 2 saturated heterocycles. The second-order valence-electron chi connectivity index (χ2n) is 7.04. The molecule has 5 nitrogen and oxygen atoms in total. The molecule has 23 heavy (non-hydrogen) atoms. The van der Waals surface area contributed by atoms with Gasteiger partial charge in [0.1, 0.15) is 12.1 Å². The number of aryl methyl sites for hydroxylation is 1.